The van der Waals surface area contributed by atoms with Crippen molar-refractivity contribution in [2.24, 2.45) is 11.8 Å². The third-order valence-corrected chi connectivity index (χ3v) is 4.02. The molecule has 1 aromatic rings. The van der Waals surface area contributed by atoms with E-state index in [4.69, 9.17) is 11.6 Å². The lowest BCUT2D eigenvalue weighted by molar-refractivity contribution is -0.146. The molecule has 0 bridgehead atoms. The summed E-state index contributed by atoms with van der Waals surface area (Å²) in [5.74, 6) is -2.93. The number of aliphatic carboxylic acids is 1. The molecule has 2 N–H and O–H groups in total. The summed E-state index contributed by atoms with van der Waals surface area (Å²) >= 11 is 5.93. The van der Waals surface area contributed by atoms with Gasteiger partial charge in [0.15, 0.2) is 5.78 Å². The van der Waals surface area contributed by atoms with E-state index in [1.807, 2.05) is 0 Å². The van der Waals surface area contributed by atoms with E-state index >= 15 is 0 Å². The lowest BCUT2D eigenvalue weighted by Gasteiger charge is -2.25. The second-order valence-corrected chi connectivity index (χ2v) is 5.75. The molecule has 0 saturated carbocycles. The number of hydrogen-bond donors (Lipinski definition) is 2. The van der Waals surface area contributed by atoms with Gasteiger partial charge in [-0.15, -0.1) is 0 Å². The van der Waals surface area contributed by atoms with Gasteiger partial charge in [0.2, 0.25) is 5.91 Å². The van der Waals surface area contributed by atoms with Crippen molar-refractivity contribution in [3.8, 4) is 0 Å². The van der Waals surface area contributed by atoms with Crippen LogP contribution in [0, 0.1) is 11.8 Å². The van der Waals surface area contributed by atoms with Gasteiger partial charge in [0.25, 0.3) is 0 Å². The largest absolute Gasteiger partial charge is 0.481 e. The highest BCUT2D eigenvalue weighted by molar-refractivity contribution is 6.29. The molecule has 0 saturated heterocycles. The lowest BCUT2D eigenvalue weighted by atomic mass is 9.82. The molecule has 0 radical (unpaired) electrons. The Morgan fingerprint density at radius 2 is 1.82 bits per heavy atom. The maximum absolute atomic E-state index is 12.3. The monoisotopic (exact) mass is 321 g/mol. The average Bonchev–Trinajstić information content (AvgIpc) is 2.47. The molecule has 5 nitrogen and oxygen atoms in total. The van der Waals surface area contributed by atoms with Crippen LogP contribution < -0.4 is 5.32 Å². The van der Waals surface area contributed by atoms with Crippen molar-refractivity contribution >= 4 is 34.9 Å². The maximum Gasteiger partial charge on any atom is 0.307 e. The summed E-state index contributed by atoms with van der Waals surface area (Å²) in [7, 11) is 0. The molecule has 0 aliphatic heterocycles. The number of amides is 1. The molecule has 0 heterocycles. The minimum absolute atomic E-state index is 0.0620. The van der Waals surface area contributed by atoms with Crippen LogP contribution in [0.2, 0.25) is 0 Å². The number of ketones is 1. The molecule has 1 aliphatic rings. The zero-order chi connectivity index (χ0) is 16.3. The summed E-state index contributed by atoms with van der Waals surface area (Å²) < 4.78 is 0. The van der Waals surface area contributed by atoms with Crippen LogP contribution in [0.4, 0.5) is 5.69 Å². The fraction of sp³-hybridized carbons (Fsp3) is 0.312. The number of hydrogen-bond acceptors (Lipinski definition) is 3. The smallest absolute Gasteiger partial charge is 0.307 e. The van der Waals surface area contributed by atoms with Gasteiger partial charge in [-0.3, -0.25) is 14.4 Å². The fourth-order valence-corrected chi connectivity index (χ4v) is 2.68. The number of rotatable bonds is 4. The summed E-state index contributed by atoms with van der Waals surface area (Å²) in [5, 5.41) is 12.4. The zero-order valence-electron chi connectivity index (χ0n) is 12.0. The van der Waals surface area contributed by atoms with Crippen molar-refractivity contribution in [3.05, 3.63) is 40.9 Å². The van der Waals surface area contributed by atoms with Gasteiger partial charge in [-0.1, -0.05) is 17.7 Å². The number of carboxylic acid groups (broad SMARTS) is 1. The number of carbonyl (C=O) groups excluding carboxylic acids is 2. The third-order valence-electron chi connectivity index (χ3n) is 3.71. The number of carboxylic acids is 1. The summed E-state index contributed by atoms with van der Waals surface area (Å²) in [5.41, 5.74) is 1.06. The highest BCUT2D eigenvalue weighted by Gasteiger charge is 2.36. The van der Waals surface area contributed by atoms with Crippen molar-refractivity contribution in [3.63, 3.8) is 0 Å². The highest BCUT2D eigenvalue weighted by Crippen LogP contribution is 2.32. The first-order valence-electron chi connectivity index (χ1n) is 6.87. The number of Topliss-reactive ketones (excluding diaryl/α,β-unsaturated/α-hetero) is 1. The number of halogens is 1. The molecule has 6 heteroatoms. The van der Waals surface area contributed by atoms with Gasteiger partial charge >= 0.3 is 5.97 Å². The fourth-order valence-electron chi connectivity index (χ4n) is 2.43. The molecule has 2 atom stereocenters. The van der Waals surface area contributed by atoms with Crippen molar-refractivity contribution < 1.29 is 19.5 Å². The van der Waals surface area contributed by atoms with Gasteiger partial charge in [0, 0.05) is 16.3 Å². The Balaban J connectivity index is 2.11. The summed E-state index contributed by atoms with van der Waals surface area (Å²) in [6.07, 6.45) is 2.11. The second kappa shape index (κ2) is 6.75. The van der Waals surface area contributed by atoms with Gasteiger partial charge in [0.05, 0.1) is 11.8 Å². The predicted molar refractivity (Wildman–Crippen MR) is 82.9 cm³/mol. The van der Waals surface area contributed by atoms with Crippen LogP contribution >= 0.6 is 11.6 Å². The molecule has 22 heavy (non-hydrogen) atoms. The van der Waals surface area contributed by atoms with Gasteiger partial charge in [-0.2, -0.15) is 0 Å². The van der Waals surface area contributed by atoms with E-state index < -0.39 is 17.8 Å². The predicted octanol–water partition coefficient (Wildman–Crippen LogP) is 3.06. The van der Waals surface area contributed by atoms with Crippen LogP contribution in [0.5, 0.6) is 0 Å². The molecule has 116 valence electrons. The van der Waals surface area contributed by atoms with Crippen LogP contribution in [-0.2, 0) is 9.59 Å². The first-order chi connectivity index (χ1) is 10.4. The quantitative estimate of drug-likeness (QED) is 0.835. The highest BCUT2D eigenvalue weighted by atomic mass is 35.5. The standard InChI is InChI=1S/C16H16ClNO4/c1-9(19)10-2-5-12(6-3-10)18-15(20)14-8-11(17)4-7-13(14)16(21)22/h2-6,13-14H,7-8H2,1H3,(H,18,20)(H,21,22)/t13-,14+/m1/s1. The van der Waals surface area contributed by atoms with Crippen molar-refractivity contribution in [1.82, 2.24) is 0 Å². The SMILES string of the molecule is CC(=O)c1ccc(NC(=O)[C@H]2CC(Cl)=CC[C@H]2C(=O)O)cc1. The van der Waals surface area contributed by atoms with E-state index in [2.05, 4.69) is 5.32 Å². The Morgan fingerprint density at radius 3 is 2.36 bits per heavy atom. The normalized spacial score (nSPS) is 20.9. The van der Waals surface area contributed by atoms with Gasteiger partial charge in [-0.25, -0.2) is 0 Å². The Morgan fingerprint density at radius 1 is 1.18 bits per heavy atom. The molecule has 0 fully saturated rings. The average molecular weight is 322 g/mol. The van der Waals surface area contributed by atoms with Crippen LogP contribution in [0.25, 0.3) is 0 Å². The van der Waals surface area contributed by atoms with Crippen LogP contribution in [0.1, 0.15) is 30.1 Å². The van der Waals surface area contributed by atoms with Crippen molar-refractivity contribution in [1.29, 1.82) is 0 Å². The molecule has 0 unspecified atom stereocenters. The van der Waals surface area contributed by atoms with Gasteiger partial charge in [0.1, 0.15) is 0 Å². The van der Waals surface area contributed by atoms with Gasteiger partial charge < -0.3 is 10.4 Å². The Kier molecular flexibility index (Phi) is 4.98. The Labute approximate surface area is 133 Å². The van der Waals surface area contributed by atoms with E-state index in [0.29, 0.717) is 16.3 Å². The molecular formula is C16H16ClNO4. The topological polar surface area (TPSA) is 83.5 Å². The van der Waals surface area contributed by atoms with E-state index in [1.54, 1.807) is 30.3 Å². The van der Waals surface area contributed by atoms with Crippen molar-refractivity contribution in [2.45, 2.75) is 19.8 Å². The minimum atomic E-state index is -1.01. The number of carbonyl (C=O) groups is 3. The maximum atomic E-state index is 12.3. The molecule has 1 amide bonds. The molecule has 2 rings (SSSR count). The molecule has 1 aliphatic carbocycles. The van der Waals surface area contributed by atoms with Crippen molar-refractivity contribution in [2.75, 3.05) is 5.32 Å². The summed E-state index contributed by atoms with van der Waals surface area (Å²) in [4.78, 5) is 34.8. The molecule has 1 aromatic carbocycles. The second-order valence-electron chi connectivity index (χ2n) is 5.26. The van der Waals surface area contributed by atoms with Crippen LogP contribution in [0.3, 0.4) is 0 Å². The summed E-state index contributed by atoms with van der Waals surface area (Å²) in [6.45, 7) is 1.46. The van der Waals surface area contributed by atoms with E-state index in [-0.39, 0.29) is 24.5 Å². The number of anilines is 1. The Hall–Kier alpha value is -2.14. The van der Waals surface area contributed by atoms with E-state index in [9.17, 15) is 19.5 Å². The number of benzene rings is 1. The lowest BCUT2D eigenvalue weighted by Crippen LogP contribution is -2.35. The number of allylic oxidation sites excluding steroid dienone is 2. The summed E-state index contributed by atoms with van der Waals surface area (Å²) in [6, 6.07) is 6.45. The van der Waals surface area contributed by atoms with Crippen LogP contribution in [0.15, 0.2) is 35.4 Å². The van der Waals surface area contributed by atoms with Crippen LogP contribution in [-0.4, -0.2) is 22.8 Å². The van der Waals surface area contributed by atoms with E-state index in [0.717, 1.165) is 0 Å². The number of nitrogens with one attached hydrogen (secondary N) is 1. The van der Waals surface area contributed by atoms with E-state index in [1.165, 1.54) is 6.92 Å². The first-order valence-corrected chi connectivity index (χ1v) is 7.25. The minimum Gasteiger partial charge on any atom is -0.481 e. The molecule has 0 spiro atoms. The zero-order valence-corrected chi connectivity index (χ0v) is 12.8. The molecular weight excluding hydrogens is 306 g/mol. The Bertz CT molecular complexity index is 636. The molecule has 0 aromatic heterocycles. The van der Waals surface area contributed by atoms with Gasteiger partial charge in [-0.05, 0) is 44.0 Å². The first kappa shape index (κ1) is 16.2. The third kappa shape index (κ3) is 3.74.